The number of nitrogens with one attached hydrogen (secondary N) is 1. The zero-order chi connectivity index (χ0) is 20.5. The van der Waals surface area contributed by atoms with Crippen LogP contribution in [0.2, 0.25) is 0 Å². The molecule has 0 saturated carbocycles. The van der Waals surface area contributed by atoms with Gasteiger partial charge in [0.15, 0.2) is 0 Å². The van der Waals surface area contributed by atoms with Gasteiger partial charge in [-0.15, -0.1) is 0 Å². The van der Waals surface area contributed by atoms with Crippen molar-refractivity contribution in [3.8, 4) is 0 Å². The van der Waals surface area contributed by atoms with Crippen LogP contribution in [0.15, 0.2) is 41.9 Å². The molecule has 2 aromatic rings. The first-order valence-corrected chi connectivity index (χ1v) is 10.3. The number of hydrogen-bond acceptors (Lipinski definition) is 5. The summed E-state index contributed by atoms with van der Waals surface area (Å²) in [6.07, 6.45) is 3.56. The number of benzene rings is 1. The van der Waals surface area contributed by atoms with Gasteiger partial charge in [-0.1, -0.05) is 12.6 Å². The van der Waals surface area contributed by atoms with Crippen molar-refractivity contribution >= 4 is 34.1 Å². The van der Waals surface area contributed by atoms with E-state index in [2.05, 4.69) is 40.2 Å². The fraction of sp³-hybridized carbons (Fsp3) is 0.421. The molecular weight excluding hydrogens is 378 g/mol. The number of aromatic nitrogens is 2. The summed E-state index contributed by atoms with van der Waals surface area (Å²) in [4.78, 5) is 22.9. The molecule has 1 amide bonds. The van der Waals surface area contributed by atoms with E-state index in [9.17, 15) is 13.8 Å². The van der Waals surface area contributed by atoms with E-state index in [1.165, 1.54) is 0 Å². The summed E-state index contributed by atoms with van der Waals surface area (Å²) in [7, 11) is 1.01. The Morgan fingerprint density at radius 3 is 2.64 bits per heavy atom. The van der Waals surface area contributed by atoms with E-state index >= 15 is 0 Å². The third kappa shape index (κ3) is 5.57. The highest BCUT2D eigenvalue weighted by molar-refractivity contribution is 7.83. The molecule has 1 aliphatic heterocycles. The maximum absolute atomic E-state index is 12.8. The first kappa shape index (κ1) is 21.9. The van der Waals surface area contributed by atoms with Crippen molar-refractivity contribution in [2.45, 2.75) is 18.4 Å². The number of amides is 1. The van der Waals surface area contributed by atoms with Crippen LogP contribution in [0, 0.1) is 0 Å². The largest absolute Gasteiger partial charge is 0.346 e. The Morgan fingerprint density at radius 2 is 2.04 bits per heavy atom. The fourth-order valence-corrected chi connectivity index (χ4v) is 4.10. The molecule has 0 spiro atoms. The number of hydrogen-bond donors (Lipinski definition) is 1. The Morgan fingerprint density at radius 1 is 1.32 bits per heavy atom. The minimum atomic E-state index is -1.09. The predicted octanol–water partition coefficient (Wildman–Crippen LogP) is 0.814. The quantitative estimate of drug-likeness (QED) is 0.568. The maximum Gasteiger partial charge on any atom is 0.243 e. The summed E-state index contributed by atoms with van der Waals surface area (Å²) in [5.41, 5.74) is 1.06. The smallest absolute Gasteiger partial charge is 0.243 e. The van der Waals surface area contributed by atoms with Crippen molar-refractivity contribution in [2.24, 2.45) is 0 Å². The van der Waals surface area contributed by atoms with E-state index in [1.807, 2.05) is 29.1 Å². The number of rotatable bonds is 6. The standard InChI is InChI=1S/C14H20N4OS.C5H7NO2/c1-3-18-13-5-4-6-14(12(13)11-15-18)20(19)17-9-7-16(2)8-10-17;1-2-5(8)6-3-4-7/h4-6,11H,3,7-10H2,1-2H3;2,4H,1,3H2,(H,6,8). The van der Waals surface area contributed by atoms with Gasteiger partial charge in [-0.25, -0.2) is 8.51 Å². The lowest BCUT2D eigenvalue weighted by Gasteiger charge is -2.31. The van der Waals surface area contributed by atoms with Crippen LogP contribution in [0.4, 0.5) is 0 Å². The number of likely N-dealkylation sites (N-methyl/N-ethyl adjacent to an activating group) is 1. The highest BCUT2D eigenvalue weighted by Crippen LogP contribution is 2.23. The van der Waals surface area contributed by atoms with E-state index in [0.29, 0.717) is 6.29 Å². The first-order valence-electron chi connectivity index (χ1n) is 9.15. The number of carbonyl (C=O) groups is 2. The van der Waals surface area contributed by atoms with Gasteiger partial charge in [0.05, 0.1) is 23.2 Å². The average Bonchev–Trinajstić information content (AvgIpc) is 3.15. The Balaban J connectivity index is 0.000000300. The summed E-state index contributed by atoms with van der Waals surface area (Å²) in [5.74, 6) is -0.322. The normalized spacial score (nSPS) is 16.1. The van der Waals surface area contributed by atoms with Gasteiger partial charge in [0.1, 0.15) is 17.3 Å². The SMILES string of the molecule is C=CC(=O)NCC=O.CCn1ncc2c(S(=O)N3CCN(C)CC3)cccc21. The number of fused-ring (bicyclic) bond motifs is 1. The molecule has 1 atom stereocenters. The van der Waals surface area contributed by atoms with Crippen LogP contribution in [0.25, 0.3) is 10.9 Å². The molecule has 1 unspecified atom stereocenters. The summed E-state index contributed by atoms with van der Waals surface area (Å²) in [6, 6.07) is 5.97. The zero-order valence-corrected chi connectivity index (χ0v) is 17.2. The van der Waals surface area contributed by atoms with Crippen molar-refractivity contribution in [2.75, 3.05) is 39.8 Å². The average molecular weight is 406 g/mol. The number of aryl methyl sites for hydroxylation is 1. The Hall–Kier alpha value is -2.36. The minimum absolute atomic E-state index is 0.0604. The second kappa shape index (κ2) is 10.8. The molecule has 9 heteroatoms. The van der Waals surface area contributed by atoms with Crippen LogP contribution < -0.4 is 5.32 Å². The number of piperazine rings is 1. The zero-order valence-electron chi connectivity index (χ0n) is 16.3. The molecule has 1 saturated heterocycles. The summed E-state index contributed by atoms with van der Waals surface area (Å²) >= 11 is 0. The van der Waals surface area contributed by atoms with Gasteiger partial charge in [0, 0.05) is 38.1 Å². The lowest BCUT2D eigenvalue weighted by atomic mass is 10.2. The molecule has 1 aromatic heterocycles. The van der Waals surface area contributed by atoms with Crippen molar-refractivity contribution < 1.29 is 13.8 Å². The maximum atomic E-state index is 12.8. The van der Waals surface area contributed by atoms with Crippen LogP contribution in [0.1, 0.15) is 6.92 Å². The van der Waals surface area contributed by atoms with Gasteiger partial charge >= 0.3 is 0 Å². The monoisotopic (exact) mass is 405 g/mol. The van der Waals surface area contributed by atoms with E-state index < -0.39 is 11.0 Å². The van der Waals surface area contributed by atoms with Crippen LogP contribution in [-0.4, -0.2) is 75.2 Å². The van der Waals surface area contributed by atoms with Crippen LogP contribution in [-0.2, 0) is 27.1 Å². The highest BCUT2D eigenvalue weighted by Gasteiger charge is 2.22. The molecule has 0 radical (unpaired) electrons. The van der Waals surface area contributed by atoms with E-state index in [-0.39, 0.29) is 12.5 Å². The molecule has 1 aromatic carbocycles. The van der Waals surface area contributed by atoms with Gasteiger partial charge in [-0.05, 0) is 32.2 Å². The number of aldehydes is 1. The molecule has 0 aliphatic carbocycles. The van der Waals surface area contributed by atoms with Crippen molar-refractivity contribution in [1.29, 1.82) is 0 Å². The molecule has 152 valence electrons. The summed E-state index contributed by atoms with van der Waals surface area (Å²) in [6.45, 7) is 9.77. The van der Waals surface area contributed by atoms with Crippen molar-refractivity contribution in [3.05, 3.63) is 37.1 Å². The molecule has 1 N–H and O–H groups in total. The van der Waals surface area contributed by atoms with Crippen LogP contribution in [0.5, 0.6) is 0 Å². The molecular formula is C19H27N5O3S. The topological polar surface area (TPSA) is 87.5 Å². The molecule has 1 fully saturated rings. The molecule has 0 bridgehead atoms. The van der Waals surface area contributed by atoms with Gasteiger partial charge in [-0.2, -0.15) is 5.10 Å². The van der Waals surface area contributed by atoms with Crippen molar-refractivity contribution in [1.82, 2.24) is 24.3 Å². The van der Waals surface area contributed by atoms with Crippen LogP contribution in [0.3, 0.4) is 0 Å². The van der Waals surface area contributed by atoms with E-state index in [4.69, 9.17) is 0 Å². The summed E-state index contributed by atoms with van der Waals surface area (Å²) < 4.78 is 16.8. The van der Waals surface area contributed by atoms with Crippen molar-refractivity contribution in [3.63, 3.8) is 0 Å². The molecule has 1 aliphatic rings. The Bertz CT molecular complexity index is 843. The number of carbonyl (C=O) groups excluding carboxylic acids is 2. The molecule has 28 heavy (non-hydrogen) atoms. The van der Waals surface area contributed by atoms with Gasteiger partial charge in [0.2, 0.25) is 5.91 Å². The molecule has 3 rings (SSSR count). The van der Waals surface area contributed by atoms with E-state index in [1.54, 1.807) is 0 Å². The predicted molar refractivity (Wildman–Crippen MR) is 110 cm³/mol. The third-order valence-electron chi connectivity index (χ3n) is 4.38. The second-order valence-corrected chi connectivity index (χ2v) is 7.70. The third-order valence-corrected chi connectivity index (χ3v) is 5.94. The van der Waals surface area contributed by atoms with Gasteiger partial charge in [0.25, 0.3) is 0 Å². The van der Waals surface area contributed by atoms with Gasteiger partial charge < -0.3 is 15.0 Å². The minimum Gasteiger partial charge on any atom is -0.346 e. The lowest BCUT2D eigenvalue weighted by molar-refractivity contribution is -0.118. The fourth-order valence-electron chi connectivity index (χ4n) is 2.79. The highest BCUT2D eigenvalue weighted by atomic mass is 32.2. The molecule has 2 heterocycles. The second-order valence-electron chi connectivity index (χ2n) is 6.25. The number of nitrogens with zero attached hydrogens (tertiary/aromatic N) is 4. The summed E-state index contributed by atoms with van der Waals surface area (Å²) in [5, 5.41) is 7.63. The van der Waals surface area contributed by atoms with Crippen LogP contribution >= 0.6 is 0 Å². The molecule has 8 nitrogen and oxygen atoms in total. The Kier molecular flexibility index (Phi) is 8.49. The Labute approximate surface area is 167 Å². The first-order chi connectivity index (χ1) is 13.5. The van der Waals surface area contributed by atoms with E-state index in [0.717, 1.165) is 54.6 Å². The lowest BCUT2D eigenvalue weighted by Crippen LogP contribution is -2.45. The van der Waals surface area contributed by atoms with Gasteiger partial charge in [-0.3, -0.25) is 9.48 Å².